The predicted octanol–water partition coefficient (Wildman–Crippen LogP) is 2.31. The molecule has 23 heavy (non-hydrogen) atoms. The number of hydrogen-bond acceptors (Lipinski definition) is 6. The zero-order valence-corrected chi connectivity index (χ0v) is 13.6. The molecule has 0 amide bonds. The third-order valence-electron chi connectivity index (χ3n) is 3.66. The number of tetrazole rings is 1. The predicted molar refractivity (Wildman–Crippen MR) is 85.3 cm³/mol. The number of nitrogens with zero attached hydrogens (tertiary/aromatic N) is 3. The first-order valence-corrected chi connectivity index (χ1v) is 8.01. The summed E-state index contributed by atoms with van der Waals surface area (Å²) in [5.74, 6) is 1.54. The molecule has 1 unspecified atom stereocenters. The van der Waals surface area contributed by atoms with Gasteiger partial charge >= 0.3 is 0 Å². The van der Waals surface area contributed by atoms with Gasteiger partial charge in [0, 0.05) is 17.5 Å². The van der Waals surface area contributed by atoms with Crippen LogP contribution >= 0.6 is 0 Å². The third kappa shape index (κ3) is 4.66. The average molecular weight is 320 g/mol. The van der Waals surface area contributed by atoms with Gasteiger partial charge in [0.25, 0.3) is 0 Å². The van der Waals surface area contributed by atoms with Gasteiger partial charge in [0.15, 0.2) is 5.82 Å². The van der Waals surface area contributed by atoms with Gasteiger partial charge in [0.05, 0.1) is 12.7 Å². The normalized spacial score (nSPS) is 12.3. The molecule has 0 spiro atoms. The second kappa shape index (κ2) is 8.47. The van der Waals surface area contributed by atoms with Crippen molar-refractivity contribution in [2.45, 2.75) is 52.1 Å². The van der Waals surface area contributed by atoms with Crippen LogP contribution in [0.25, 0.3) is 0 Å². The van der Waals surface area contributed by atoms with Crippen molar-refractivity contribution < 1.29 is 14.9 Å². The fraction of sp³-hybridized carbons (Fsp3) is 0.562. The van der Waals surface area contributed by atoms with Crippen molar-refractivity contribution in [3.05, 3.63) is 29.1 Å². The Balaban J connectivity index is 1.92. The number of benzene rings is 1. The van der Waals surface area contributed by atoms with E-state index in [2.05, 4.69) is 20.6 Å². The van der Waals surface area contributed by atoms with Crippen LogP contribution in [-0.4, -0.2) is 37.4 Å². The Morgan fingerprint density at radius 3 is 2.74 bits per heavy atom. The summed E-state index contributed by atoms with van der Waals surface area (Å²) in [6, 6.07) is 3.54. The molecule has 2 rings (SSSR count). The van der Waals surface area contributed by atoms with Crippen LogP contribution in [0, 0.1) is 0 Å². The van der Waals surface area contributed by atoms with Crippen molar-refractivity contribution in [3.63, 3.8) is 0 Å². The van der Waals surface area contributed by atoms with Gasteiger partial charge in [-0.25, -0.2) is 0 Å². The van der Waals surface area contributed by atoms with Gasteiger partial charge in [-0.15, -0.1) is 10.2 Å². The molecule has 0 aliphatic rings. The Morgan fingerprint density at radius 1 is 1.26 bits per heavy atom. The molecule has 126 valence electrons. The number of nitrogens with one attached hydrogen (secondary N) is 1. The van der Waals surface area contributed by atoms with Gasteiger partial charge in [0.1, 0.15) is 11.5 Å². The van der Waals surface area contributed by atoms with Crippen LogP contribution in [0.15, 0.2) is 12.1 Å². The van der Waals surface area contributed by atoms with Gasteiger partial charge in [-0.2, -0.15) is 5.21 Å². The highest BCUT2D eigenvalue weighted by molar-refractivity contribution is 5.50. The molecule has 0 radical (unpaired) electrons. The number of phenols is 1. The molecule has 1 aromatic carbocycles. The van der Waals surface area contributed by atoms with E-state index in [0.29, 0.717) is 30.2 Å². The topological polar surface area (TPSA) is 104 Å². The Labute approximate surface area is 135 Å². The lowest BCUT2D eigenvalue weighted by molar-refractivity contribution is 0.194. The second-order valence-corrected chi connectivity index (χ2v) is 5.54. The molecule has 0 aliphatic heterocycles. The van der Waals surface area contributed by atoms with Crippen LogP contribution in [0.5, 0.6) is 11.5 Å². The molecule has 7 heteroatoms. The first kappa shape index (κ1) is 17.2. The highest BCUT2D eigenvalue weighted by atomic mass is 16.5. The average Bonchev–Trinajstić information content (AvgIpc) is 3.03. The van der Waals surface area contributed by atoms with E-state index in [-0.39, 0.29) is 5.75 Å². The maximum Gasteiger partial charge on any atom is 0.174 e. The number of phenolic OH excluding ortho intramolecular Hbond substituents is 1. The number of H-pyrrole nitrogens is 1. The Kier molecular flexibility index (Phi) is 6.34. The second-order valence-electron chi connectivity index (χ2n) is 5.54. The minimum atomic E-state index is -0.699. The number of aliphatic hydroxyl groups excluding tert-OH is 1. The molecule has 1 aromatic heterocycles. The van der Waals surface area contributed by atoms with Gasteiger partial charge in [-0.05, 0) is 38.3 Å². The largest absolute Gasteiger partial charge is 0.507 e. The lowest BCUT2D eigenvalue weighted by Gasteiger charge is -2.16. The highest BCUT2D eigenvalue weighted by Gasteiger charge is 2.16. The molecule has 3 N–H and O–H groups in total. The lowest BCUT2D eigenvalue weighted by atomic mass is 10.0. The summed E-state index contributed by atoms with van der Waals surface area (Å²) in [5.41, 5.74) is 1.31. The van der Waals surface area contributed by atoms with Crippen LogP contribution in [0.3, 0.4) is 0 Å². The van der Waals surface area contributed by atoms with Crippen LogP contribution < -0.4 is 4.74 Å². The summed E-state index contributed by atoms with van der Waals surface area (Å²) >= 11 is 0. The molecule has 0 saturated carbocycles. The summed E-state index contributed by atoms with van der Waals surface area (Å²) in [6.45, 7) is 4.24. The number of rotatable bonds is 9. The van der Waals surface area contributed by atoms with E-state index in [0.717, 1.165) is 31.2 Å². The number of ether oxygens (including phenoxy) is 1. The monoisotopic (exact) mass is 320 g/mol. The van der Waals surface area contributed by atoms with Gasteiger partial charge < -0.3 is 14.9 Å². The van der Waals surface area contributed by atoms with Crippen LogP contribution in [0.2, 0.25) is 0 Å². The number of aromatic hydroxyl groups is 1. The van der Waals surface area contributed by atoms with Crippen molar-refractivity contribution in [1.29, 1.82) is 0 Å². The van der Waals surface area contributed by atoms with E-state index in [1.54, 1.807) is 13.0 Å². The maximum atomic E-state index is 10.3. The smallest absolute Gasteiger partial charge is 0.174 e. The Bertz CT molecular complexity index is 600. The summed E-state index contributed by atoms with van der Waals surface area (Å²) in [7, 11) is 0. The highest BCUT2D eigenvalue weighted by Crippen LogP contribution is 2.35. The van der Waals surface area contributed by atoms with E-state index in [9.17, 15) is 10.2 Å². The van der Waals surface area contributed by atoms with Gasteiger partial charge in [0.2, 0.25) is 0 Å². The molecule has 1 heterocycles. The maximum absolute atomic E-state index is 10.3. The standard InChI is InChI=1S/C16H24N4O3/c1-3-6-13-14(9-8-12(11(2)21)16(13)22)23-10-5-4-7-15-17-19-20-18-15/h8-9,11,21-22H,3-7,10H2,1-2H3,(H,17,18,19,20). The van der Waals surface area contributed by atoms with E-state index >= 15 is 0 Å². The zero-order chi connectivity index (χ0) is 16.7. The number of aliphatic hydroxyl groups is 1. The molecule has 0 fully saturated rings. The van der Waals surface area contributed by atoms with Gasteiger partial charge in [-0.1, -0.05) is 18.6 Å². The Hall–Kier alpha value is -2.15. The quantitative estimate of drug-likeness (QED) is 0.612. The van der Waals surface area contributed by atoms with Crippen LogP contribution in [-0.2, 0) is 12.8 Å². The SMILES string of the molecule is CCCc1c(OCCCCc2nn[nH]n2)ccc(C(C)O)c1O. The minimum Gasteiger partial charge on any atom is -0.507 e. The summed E-state index contributed by atoms with van der Waals surface area (Å²) in [6.07, 6.45) is 3.43. The summed E-state index contributed by atoms with van der Waals surface area (Å²) < 4.78 is 5.82. The minimum absolute atomic E-state index is 0.145. The van der Waals surface area contributed by atoms with Crippen LogP contribution in [0.4, 0.5) is 0 Å². The molecule has 2 aromatic rings. The summed E-state index contributed by atoms with van der Waals surface area (Å²) in [5, 5.41) is 33.8. The van der Waals surface area contributed by atoms with E-state index in [1.807, 2.05) is 13.0 Å². The number of unbranched alkanes of at least 4 members (excludes halogenated alkanes) is 1. The number of aryl methyl sites for hydroxylation is 1. The van der Waals surface area contributed by atoms with E-state index < -0.39 is 6.10 Å². The third-order valence-corrected chi connectivity index (χ3v) is 3.66. The van der Waals surface area contributed by atoms with Crippen LogP contribution in [0.1, 0.15) is 56.2 Å². The molecule has 7 nitrogen and oxygen atoms in total. The van der Waals surface area contributed by atoms with Crippen molar-refractivity contribution in [3.8, 4) is 11.5 Å². The molecule has 0 saturated heterocycles. The zero-order valence-electron chi connectivity index (χ0n) is 13.6. The lowest BCUT2D eigenvalue weighted by Crippen LogP contribution is -2.03. The molecule has 1 atom stereocenters. The molecule has 0 bridgehead atoms. The summed E-state index contributed by atoms with van der Waals surface area (Å²) in [4.78, 5) is 0. The van der Waals surface area contributed by atoms with Crippen molar-refractivity contribution in [2.24, 2.45) is 0 Å². The van der Waals surface area contributed by atoms with Crippen molar-refractivity contribution in [1.82, 2.24) is 20.6 Å². The van der Waals surface area contributed by atoms with Crippen molar-refractivity contribution >= 4 is 0 Å². The van der Waals surface area contributed by atoms with E-state index in [1.165, 1.54) is 0 Å². The number of aromatic nitrogens is 4. The first-order valence-electron chi connectivity index (χ1n) is 8.01. The first-order chi connectivity index (χ1) is 11.1. The van der Waals surface area contributed by atoms with Crippen molar-refractivity contribution in [2.75, 3.05) is 6.61 Å². The van der Waals surface area contributed by atoms with E-state index in [4.69, 9.17) is 4.74 Å². The number of aromatic amines is 1. The fourth-order valence-corrected chi connectivity index (χ4v) is 2.46. The van der Waals surface area contributed by atoms with Gasteiger partial charge in [-0.3, -0.25) is 0 Å². The molecular formula is C16H24N4O3. The Morgan fingerprint density at radius 2 is 2.09 bits per heavy atom. The molecule has 0 aliphatic carbocycles. The molecular weight excluding hydrogens is 296 g/mol. The number of hydrogen-bond donors (Lipinski definition) is 3. The fourth-order valence-electron chi connectivity index (χ4n) is 2.46.